The number of hydrogen-bond donors (Lipinski definition) is 2. The lowest BCUT2D eigenvalue weighted by Gasteiger charge is -2.39. The number of aliphatic imine (C=N–C) groups is 1. The van der Waals surface area contributed by atoms with Crippen molar-refractivity contribution in [2.45, 2.75) is 46.2 Å². The number of guanidine groups is 1. The molecule has 2 N–H and O–H groups in total. The van der Waals surface area contributed by atoms with Crippen molar-refractivity contribution in [3.05, 3.63) is 12.2 Å². The van der Waals surface area contributed by atoms with Gasteiger partial charge in [0.2, 0.25) is 0 Å². The van der Waals surface area contributed by atoms with Gasteiger partial charge in [0.15, 0.2) is 11.8 Å². The molecule has 1 saturated heterocycles. The number of ether oxygens (including phenoxy) is 1. The van der Waals surface area contributed by atoms with Gasteiger partial charge in [-0.25, -0.2) is 4.99 Å². The lowest BCUT2D eigenvalue weighted by Crippen LogP contribution is -2.53. The lowest BCUT2D eigenvalue weighted by atomic mass is 9.92. The zero-order valence-corrected chi connectivity index (χ0v) is 19.5. The second-order valence-corrected chi connectivity index (χ2v) is 6.73. The smallest absolute Gasteiger partial charge is 0.191 e. The van der Waals surface area contributed by atoms with Crippen LogP contribution in [0.2, 0.25) is 0 Å². The van der Waals surface area contributed by atoms with Crippen molar-refractivity contribution in [3.8, 4) is 0 Å². The molecule has 0 aromatic carbocycles. The molecule has 156 valence electrons. The van der Waals surface area contributed by atoms with E-state index in [2.05, 4.69) is 51.5 Å². The van der Waals surface area contributed by atoms with Gasteiger partial charge in [0.05, 0.1) is 13.2 Å². The Labute approximate surface area is 180 Å². The van der Waals surface area contributed by atoms with Crippen molar-refractivity contribution in [1.82, 2.24) is 30.3 Å². The molecule has 1 aliphatic heterocycles. The first-order valence-corrected chi connectivity index (χ1v) is 9.86. The Bertz CT molecular complexity index is 542. The summed E-state index contributed by atoms with van der Waals surface area (Å²) < 4.78 is 7.44. The Morgan fingerprint density at radius 2 is 1.93 bits per heavy atom. The molecule has 1 atom stereocenters. The highest BCUT2D eigenvalue weighted by molar-refractivity contribution is 14.0. The quantitative estimate of drug-likeness (QED) is 0.309. The topological polar surface area (TPSA) is 79.6 Å². The van der Waals surface area contributed by atoms with E-state index in [0.29, 0.717) is 18.5 Å². The van der Waals surface area contributed by atoms with E-state index in [4.69, 9.17) is 4.74 Å². The molecule has 0 radical (unpaired) electrons. The van der Waals surface area contributed by atoms with E-state index in [0.717, 1.165) is 51.2 Å². The Morgan fingerprint density at radius 1 is 1.22 bits per heavy atom. The van der Waals surface area contributed by atoms with Crippen molar-refractivity contribution < 1.29 is 4.74 Å². The molecule has 0 saturated carbocycles. The van der Waals surface area contributed by atoms with E-state index in [1.54, 1.807) is 6.33 Å². The second-order valence-electron chi connectivity index (χ2n) is 6.73. The third kappa shape index (κ3) is 7.53. The summed E-state index contributed by atoms with van der Waals surface area (Å²) in [7, 11) is 1.94. The molecule has 0 amide bonds. The van der Waals surface area contributed by atoms with Crippen LogP contribution in [0.4, 0.5) is 0 Å². The van der Waals surface area contributed by atoms with Gasteiger partial charge in [-0.15, -0.1) is 34.2 Å². The fraction of sp³-hybridized carbons (Fsp3) is 0.833. The van der Waals surface area contributed by atoms with Crippen molar-refractivity contribution in [1.29, 1.82) is 0 Å². The summed E-state index contributed by atoms with van der Waals surface area (Å²) in [5, 5.41) is 14.9. The number of rotatable bonds is 9. The largest absolute Gasteiger partial charge is 0.379 e. The molecule has 9 heteroatoms. The molecule has 1 unspecified atom stereocenters. The van der Waals surface area contributed by atoms with E-state index in [1.807, 2.05) is 11.6 Å². The standard InChI is InChI=1S/C18H35N7O.HI/c1-5-15(6-2)16(25-8-10-26-11-9-25)12-20-18(19-7-3)21-13-17-23-22-14-24(17)4;/h14-16H,5-13H2,1-4H3,(H2,19,20,21);1H. The Hall–Kier alpha value is -0.940. The number of aryl methyl sites for hydroxylation is 1. The summed E-state index contributed by atoms with van der Waals surface area (Å²) in [6, 6.07) is 0.493. The Balaban J connectivity index is 0.00000364. The van der Waals surface area contributed by atoms with E-state index >= 15 is 0 Å². The zero-order chi connectivity index (χ0) is 18.8. The van der Waals surface area contributed by atoms with Crippen LogP contribution < -0.4 is 10.6 Å². The van der Waals surface area contributed by atoms with E-state index in [1.165, 1.54) is 12.8 Å². The normalized spacial score (nSPS) is 16.9. The highest BCUT2D eigenvalue weighted by Crippen LogP contribution is 2.19. The molecule has 1 aromatic rings. The SMILES string of the molecule is CCNC(=NCc1nncn1C)NCC(C(CC)CC)N1CCOCC1.I. The Morgan fingerprint density at radius 3 is 2.48 bits per heavy atom. The van der Waals surface area contributed by atoms with Gasteiger partial charge >= 0.3 is 0 Å². The summed E-state index contributed by atoms with van der Waals surface area (Å²) in [6.45, 7) is 12.6. The van der Waals surface area contributed by atoms with E-state index in [9.17, 15) is 0 Å². The molecule has 2 rings (SSSR count). The number of aromatic nitrogens is 3. The van der Waals surface area contributed by atoms with Crippen LogP contribution in [0.3, 0.4) is 0 Å². The molecule has 27 heavy (non-hydrogen) atoms. The van der Waals surface area contributed by atoms with Gasteiger partial charge in [0.25, 0.3) is 0 Å². The average Bonchev–Trinajstić information content (AvgIpc) is 3.08. The maximum Gasteiger partial charge on any atom is 0.191 e. The predicted molar refractivity (Wildman–Crippen MR) is 119 cm³/mol. The second kappa shape index (κ2) is 13.3. The molecule has 0 spiro atoms. The van der Waals surface area contributed by atoms with Crippen molar-refractivity contribution >= 4 is 29.9 Å². The van der Waals surface area contributed by atoms with Gasteiger partial charge in [0.1, 0.15) is 12.9 Å². The zero-order valence-electron chi connectivity index (χ0n) is 17.1. The third-order valence-corrected chi connectivity index (χ3v) is 5.11. The van der Waals surface area contributed by atoms with E-state index in [-0.39, 0.29) is 24.0 Å². The lowest BCUT2D eigenvalue weighted by molar-refractivity contribution is 0.00272. The minimum absolute atomic E-state index is 0. The molecule has 0 bridgehead atoms. The number of hydrogen-bond acceptors (Lipinski definition) is 5. The molecule has 1 aromatic heterocycles. The van der Waals surface area contributed by atoms with Crippen LogP contribution >= 0.6 is 24.0 Å². The Kier molecular flexibility index (Phi) is 11.8. The monoisotopic (exact) mass is 493 g/mol. The fourth-order valence-electron chi connectivity index (χ4n) is 3.48. The number of halogens is 1. The van der Waals surface area contributed by atoms with E-state index < -0.39 is 0 Å². The molecule has 2 heterocycles. The van der Waals surface area contributed by atoms with Crippen LogP contribution in [-0.2, 0) is 18.3 Å². The average molecular weight is 493 g/mol. The summed E-state index contributed by atoms with van der Waals surface area (Å²) >= 11 is 0. The molecular formula is C18H36IN7O. The maximum absolute atomic E-state index is 5.54. The summed E-state index contributed by atoms with van der Waals surface area (Å²) in [6.07, 6.45) is 4.08. The first kappa shape index (κ1) is 24.1. The van der Waals surface area contributed by atoms with Gasteiger partial charge in [-0.2, -0.15) is 0 Å². The van der Waals surface area contributed by atoms with Crippen LogP contribution in [0, 0.1) is 5.92 Å². The van der Waals surface area contributed by atoms with Crippen molar-refractivity contribution in [2.75, 3.05) is 39.4 Å². The van der Waals surface area contributed by atoms with Gasteiger partial charge in [0, 0.05) is 39.3 Å². The van der Waals surface area contributed by atoms with Gasteiger partial charge in [-0.3, -0.25) is 4.90 Å². The first-order valence-electron chi connectivity index (χ1n) is 9.86. The summed E-state index contributed by atoms with van der Waals surface area (Å²) in [5.41, 5.74) is 0. The molecule has 1 aliphatic rings. The minimum atomic E-state index is 0. The highest BCUT2D eigenvalue weighted by atomic mass is 127. The van der Waals surface area contributed by atoms with Crippen LogP contribution in [0.15, 0.2) is 11.3 Å². The van der Waals surface area contributed by atoms with Gasteiger partial charge < -0.3 is 19.9 Å². The van der Waals surface area contributed by atoms with Crippen LogP contribution in [0.1, 0.15) is 39.4 Å². The highest BCUT2D eigenvalue weighted by Gasteiger charge is 2.27. The maximum atomic E-state index is 5.54. The van der Waals surface area contributed by atoms with Crippen LogP contribution in [-0.4, -0.2) is 71.1 Å². The molecule has 8 nitrogen and oxygen atoms in total. The van der Waals surface area contributed by atoms with Gasteiger partial charge in [-0.1, -0.05) is 26.7 Å². The van der Waals surface area contributed by atoms with Crippen LogP contribution in [0.25, 0.3) is 0 Å². The van der Waals surface area contributed by atoms with Crippen molar-refractivity contribution in [3.63, 3.8) is 0 Å². The van der Waals surface area contributed by atoms with Crippen molar-refractivity contribution in [2.24, 2.45) is 18.0 Å². The predicted octanol–water partition coefficient (Wildman–Crippen LogP) is 1.63. The summed E-state index contributed by atoms with van der Waals surface area (Å²) in [4.78, 5) is 7.24. The minimum Gasteiger partial charge on any atom is -0.379 e. The molecule has 1 fully saturated rings. The third-order valence-electron chi connectivity index (χ3n) is 5.11. The van der Waals surface area contributed by atoms with Crippen LogP contribution in [0.5, 0.6) is 0 Å². The van der Waals surface area contributed by atoms with Gasteiger partial charge in [-0.05, 0) is 12.8 Å². The molecular weight excluding hydrogens is 457 g/mol. The first-order chi connectivity index (χ1) is 12.7. The summed E-state index contributed by atoms with van der Waals surface area (Å²) in [5.74, 6) is 2.36. The number of morpholine rings is 1. The molecule has 0 aliphatic carbocycles. The number of nitrogens with one attached hydrogen (secondary N) is 2. The fourth-order valence-corrected chi connectivity index (χ4v) is 3.48. The number of nitrogens with zero attached hydrogens (tertiary/aromatic N) is 5.